The summed E-state index contributed by atoms with van der Waals surface area (Å²) in [5.41, 5.74) is 5.70. The predicted molar refractivity (Wildman–Crippen MR) is 119 cm³/mol. The van der Waals surface area contributed by atoms with Crippen molar-refractivity contribution in [2.45, 2.75) is 46.1 Å². The largest absolute Gasteiger partial charge is 0.494 e. The highest BCUT2D eigenvalue weighted by atomic mass is 16.5. The minimum atomic E-state index is -0.167. The summed E-state index contributed by atoms with van der Waals surface area (Å²) in [5, 5.41) is 7.59. The molecule has 5 nitrogen and oxygen atoms in total. The summed E-state index contributed by atoms with van der Waals surface area (Å²) in [5.74, 6) is 0.851. The van der Waals surface area contributed by atoms with Gasteiger partial charge in [0.25, 0.3) is 5.91 Å². The molecule has 1 aliphatic rings. The normalized spacial score (nSPS) is 15.5. The minimum absolute atomic E-state index is 0.0266. The summed E-state index contributed by atoms with van der Waals surface area (Å²) in [6, 6.07) is 16.2. The van der Waals surface area contributed by atoms with Gasteiger partial charge in [0.1, 0.15) is 11.4 Å². The van der Waals surface area contributed by atoms with E-state index in [-0.39, 0.29) is 11.9 Å². The highest BCUT2D eigenvalue weighted by molar-refractivity contribution is 6.00. The number of carbonyl (C=O) groups excluding carboxylic acids is 1. The van der Waals surface area contributed by atoms with Crippen LogP contribution in [-0.4, -0.2) is 34.2 Å². The molecule has 0 radical (unpaired) electrons. The Morgan fingerprint density at radius 3 is 2.63 bits per heavy atom. The number of aromatic amines is 1. The summed E-state index contributed by atoms with van der Waals surface area (Å²) < 4.78 is 5.74. The van der Waals surface area contributed by atoms with Gasteiger partial charge in [0.15, 0.2) is 0 Å². The zero-order valence-electron chi connectivity index (χ0n) is 17.9. The van der Waals surface area contributed by atoms with Crippen LogP contribution in [0.15, 0.2) is 48.5 Å². The molecule has 156 valence electrons. The number of ether oxygens (including phenoxy) is 1. The van der Waals surface area contributed by atoms with Crippen molar-refractivity contribution in [3.8, 4) is 17.0 Å². The highest BCUT2D eigenvalue weighted by Gasteiger charge is 2.41. The van der Waals surface area contributed by atoms with Crippen LogP contribution >= 0.6 is 0 Å². The third kappa shape index (κ3) is 3.72. The van der Waals surface area contributed by atoms with Crippen LogP contribution in [0.4, 0.5) is 0 Å². The minimum Gasteiger partial charge on any atom is -0.494 e. The van der Waals surface area contributed by atoms with Crippen LogP contribution in [0.25, 0.3) is 11.3 Å². The highest BCUT2D eigenvalue weighted by Crippen LogP contribution is 2.43. The van der Waals surface area contributed by atoms with Gasteiger partial charge in [-0.15, -0.1) is 0 Å². The summed E-state index contributed by atoms with van der Waals surface area (Å²) in [7, 11) is 0. The third-order valence-electron chi connectivity index (χ3n) is 5.68. The van der Waals surface area contributed by atoms with Crippen molar-refractivity contribution in [2.75, 3.05) is 13.2 Å². The number of carbonyl (C=O) groups is 1. The van der Waals surface area contributed by atoms with Gasteiger partial charge in [-0.25, -0.2) is 0 Å². The molecule has 0 aliphatic carbocycles. The summed E-state index contributed by atoms with van der Waals surface area (Å²) >= 11 is 0. The molecule has 0 fully saturated rings. The second kappa shape index (κ2) is 8.74. The van der Waals surface area contributed by atoms with Gasteiger partial charge in [0.05, 0.1) is 18.3 Å². The van der Waals surface area contributed by atoms with Crippen molar-refractivity contribution in [1.82, 2.24) is 15.1 Å². The van der Waals surface area contributed by atoms with E-state index in [0.29, 0.717) is 12.3 Å². The van der Waals surface area contributed by atoms with Crippen molar-refractivity contribution in [1.29, 1.82) is 0 Å². The van der Waals surface area contributed by atoms with E-state index in [2.05, 4.69) is 60.4 Å². The van der Waals surface area contributed by atoms with Crippen molar-refractivity contribution in [3.63, 3.8) is 0 Å². The maximum atomic E-state index is 13.3. The lowest BCUT2D eigenvalue weighted by atomic mass is 9.95. The molecule has 1 aliphatic heterocycles. The molecule has 1 N–H and O–H groups in total. The SMILES string of the molecule is CCCCCN1C(=O)c2[nH]nc(-c3ccc(C)cc3)c2C1c1cccc(OCC)c1. The van der Waals surface area contributed by atoms with Gasteiger partial charge in [-0.2, -0.15) is 5.10 Å². The molecule has 1 unspecified atom stereocenters. The number of nitrogens with one attached hydrogen (secondary N) is 1. The molecule has 1 aromatic heterocycles. The van der Waals surface area contributed by atoms with Gasteiger partial charge >= 0.3 is 0 Å². The lowest BCUT2D eigenvalue weighted by molar-refractivity contribution is 0.0740. The van der Waals surface area contributed by atoms with Crippen LogP contribution < -0.4 is 4.74 Å². The Bertz CT molecular complexity index is 1020. The van der Waals surface area contributed by atoms with Crippen molar-refractivity contribution in [2.24, 2.45) is 0 Å². The lowest BCUT2D eigenvalue weighted by Gasteiger charge is -2.26. The quantitative estimate of drug-likeness (QED) is 0.504. The average Bonchev–Trinajstić information content (AvgIpc) is 3.29. The van der Waals surface area contributed by atoms with Gasteiger partial charge in [0.2, 0.25) is 0 Å². The average molecular weight is 404 g/mol. The number of aryl methyl sites for hydroxylation is 1. The van der Waals surface area contributed by atoms with Gasteiger partial charge in [-0.05, 0) is 38.0 Å². The third-order valence-corrected chi connectivity index (χ3v) is 5.68. The summed E-state index contributed by atoms with van der Waals surface area (Å²) in [6.07, 6.45) is 3.21. The molecule has 3 aromatic rings. The number of amides is 1. The smallest absolute Gasteiger partial charge is 0.273 e. The Morgan fingerprint density at radius 1 is 1.10 bits per heavy atom. The molecule has 5 heteroatoms. The first kappa shape index (κ1) is 20.2. The fourth-order valence-corrected chi connectivity index (χ4v) is 4.18. The van der Waals surface area contributed by atoms with Crippen molar-refractivity contribution >= 4 is 5.91 Å². The number of hydrogen-bond donors (Lipinski definition) is 1. The van der Waals surface area contributed by atoms with Crippen LogP contribution in [0.2, 0.25) is 0 Å². The van der Waals surface area contributed by atoms with Gasteiger partial charge < -0.3 is 9.64 Å². The maximum Gasteiger partial charge on any atom is 0.273 e. The number of unbranched alkanes of at least 4 members (excludes halogenated alkanes) is 2. The fourth-order valence-electron chi connectivity index (χ4n) is 4.18. The van der Waals surface area contributed by atoms with E-state index in [1.807, 2.05) is 24.0 Å². The maximum absolute atomic E-state index is 13.3. The number of aromatic nitrogens is 2. The Labute approximate surface area is 178 Å². The second-order valence-electron chi connectivity index (χ2n) is 7.84. The number of fused-ring (bicyclic) bond motifs is 1. The molecule has 0 saturated carbocycles. The number of rotatable bonds is 8. The first-order valence-corrected chi connectivity index (χ1v) is 10.8. The number of H-pyrrole nitrogens is 1. The summed E-state index contributed by atoms with van der Waals surface area (Å²) in [6.45, 7) is 7.56. The zero-order valence-corrected chi connectivity index (χ0v) is 17.9. The summed E-state index contributed by atoms with van der Waals surface area (Å²) in [4.78, 5) is 15.3. The van der Waals surface area contributed by atoms with E-state index in [1.165, 1.54) is 5.56 Å². The first-order valence-electron chi connectivity index (χ1n) is 10.8. The number of nitrogens with zero attached hydrogens (tertiary/aromatic N) is 2. The van der Waals surface area contributed by atoms with E-state index >= 15 is 0 Å². The van der Waals surface area contributed by atoms with Crippen LogP contribution in [0.3, 0.4) is 0 Å². The van der Waals surface area contributed by atoms with Crippen molar-refractivity contribution < 1.29 is 9.53 Å². The molecule has 0 spiro atoms. The molecule has 30 heavy (non-hydrogen) atoms. The van der Waals surface area contributed by atoms with E-state index in [4.69, 9.17) is 4.74 Å². The standard InChI is InChI=1S/C25H29N3O2/c1-4-6-7-15-28-24(19-9-8-10-20(16-19)30-5-2)21-22(26-27-23(21)25(28)29)18-13-11-17(3)12-14-18/h8-14,16,24H,4-7,15H2,1-3H3,(H,26,27). The first-order chi connectivity index (χ1) is 14.6. The van der Waals surface area contributed by atoms with E-state index in [1.54, 1.807) is 0 Å². The molecule has 0 bridgehead atoms. The predicted octanol–water partition coefficient (Wildman–Crippen LogP) is 5.52. The van der Waals surface area contributed by atoms with Gasteiger partial charge in [-0.1, -0.05) is 61.7 Å². The zero-order chi connectivity index (χ0) is 21.1. The molecule has 1 atom stereocenters. The van der Waals surface area contributed by atoms with E-state index in [0.717, 1.165) is 53.9 Å². The topological polar surface area (TPSA) is 58.2 Å². The molecule has 2 heterocycles. The Hall–Kier alpha value is -3.08. The lowest BCUT2D eigenvalue weighted by Crippen LogP contribution is -2.30. The molecule has 2 aromatic carbocycles. The molecule has 4 rings (SSSR count). The van der Waals surface area contributed by atoms with E-state index < -0.39 is 0 Å². The second-order valence-corrected chi connectivity index (χ2v) is 7.84. The van der Waals surface area contributed by atoms with E-state index in [9.17, 15) is 4.79 Å². The molecule has 0 saturated heterocycles. The molecular formula is C25H29N3O2. The Kier molecular flexibility index (Phi) is 5.88. The van der Waals surface area contributed by atoms with Crippen LogP contribution in [0.1, 0.15) is 66.3 Å². The molecular weight excluding hydrogens is 374 g/mol. The molecule has 1 amide bonds. The monoisotopic (exact) mass is 403 g/mol. The van der Waals surface area contributed by atoms with Crippen LogP contribution in [0.5, 0.6) is 5.75 Å². The Balaban J connectivity index is 1.80. The van der Waals surface area contributed by atoms with Crippen LogP contribution in [0, 0.1) is 6.92 Å². The van der Waals surface area contributed by atoms with Gasteiger partial charge in [-0.3, -0.25) is 9.89 Å². The fraction of sp³-hybridized carbons (Fsp3) is 0.360. The number of benzene rings is 2. The number of hydrogen-bond acceptors (Lipinski definition) is 3. The van der Waals surface area contributed by atoms with Gasteiger partial charge in [0, 0.05) is 17.7 Å². The van der Waals surface area contributed by atoms with Crippen LogP contribution in [-0.2, 0) is 0 Å². The van der Waals surface area contributed by atoms with Crippen molar-refractivity contribution in [3.05, 3.63) is 70.9 Å². The Morgan fingerprint density at radius 2 is 1.90 bits per heavy atom.